The van der Waals surface area contributed by atoms with Crippen LogP contribution in [0.5, 0.6) is 0 Å². The van der Waals surface area contributed by atoms with Gasteiger partial charge in [0.1, 0.15) is 0 Å². The van der Waals surface area contributed by atoms with Gasteiger partial charge in [-0.3, -0.25) is 4.79 Å². The molecule has 2 aliphatic heterocycles. The first-order valence-electron chi connectivity index (χ1n) is 8.39. The lowest BCUT2D eigenvalue weighted by molar-refractivity contribution is -0.131. The van der Waals surface area contributed by atoms with Gasteiger partial charge >= 0.3 is 0 Å². The highest BCUT2D eigenvalue weighted by atomic mass is 16.2. The zero-order valence-electron chi connectivity index (χ0n) is 13.1. The van der Waals surface area contributed by atoms with Crippen molar-refractivity contribution in [3.8, 4) is 0 Å². The maximum atomic E-state index is 12.4. The summed E-state index contributed by atoms with van der Waals surface area (Å²) in [6.45, 7) is 10.8. The number of carbonyl (C=O) groups is 1. The molecule has 0 N–H and O–H groups in total. The molecular formula is C17H30N2O. The molecule has 0 aliphatic carbocycles. The number of hydrogen-bond acceptors (Lipinski definition) is 2. The Morgan fingerprint density at radius 1 is 1.20 bits per heavy atom. The molecule has 2 aliphatic rings. The van der Waals surface area contributed by atoms with Crippen molar-refractivity contribution in [2.75, 3.05) is 26.2 Å². The SMILES string of the molecule is C=C(CCCC)CC(=O)N1CCCC1CN1CCCC1. The molecule has 2 heterocycles. The van der Waals surface area contributed by atoms with Crippen molar-refractivity contribution in [3.63, 3.8) is 0 Å². The summed E-state index contributed by atoms with van der Waals surface area (Å²) < 4.78 is 0. The zero-order valence-corrected chi connectivity index (χ0v) is 13.1. The van der Waals surface area contributed by atoms with E-state index in [1.165, 1.54) is 45.2 Å². The second kappa shape index (κ2) is 7.82. The van der Waals surface area contributed by atoms with Crippen molar-refractivity contribution in [2.24, 2.45) is 0 Å². The van der Waals surface area contributed by atoms with Gasteiger partial charge in [0.2, 0.25) is 5.91 Å². The monoisotopic (exact) mass is 278 g/mol. The Kier molecular flexibility index (Phi) is 6.08. The highest BCUT2D eigenvalue weighted by molar-refractivity contribution is 5.79. The first kappa shape index (κ1) is 15.6. The van der Waals surface area contributed by atoms with Gasteiger partial charge < -0.3 is 9.80 Å². The van der Waals surface area contributed by atoms with Crippen LogP contribution in [0.4, 0.5) is 0 Å². The van der Waals surface area contributed by atoms with Crippen LogP contribution in [0.15, 0.2) is 12.2 Å². The quantitative estimate of drug-likeness (QED) is 0.668. The molecule has 0 spiro atoms. The van der Waals surface area contributed by atoms with Crippen LogP contribution in [0, 0.1) is 0 Å². The smallest absolute Gasteiger partial charge is 0.226 e. The number of unbranched alkanes of at least 4 members (excludes halogenated alkanes) is 1. The van der Waals surface area contributed by atoms with Gasteiger partial charge in [-0.15, -0.1) is 0 Å². The molecule has 2 saturated heterocycles. The molecule has 3 nitrogen and oxygen atoms in total. The first-order valence-corrected chi connectivity index (χ1v) is 8.39. The van der Waals surface area contributed by atoms with E-state index in [0.717, 1.165) is 31.5 Å². The van der Waals surface area contributed by atoms with Gasteiger partial charge in [0.25, 0.3) is 0 Å². The van der Waals surface area contributed by atoms with Crippen molar-refractivity contribution in [3.05, 3.63) is 12.2 Å². The van der Waals surface area contributed by atoms with Crippen LogP contribution in [0.25, 0.3) is 0 Å². The molecule has 0 bridgehead atoms. The Morgan fingerprint density at radius 3 is 2.65 bits per heavy atom. The Morgan fingerprint density at radius 2 is 1.95 bits per heavy atom. The molecule has 0 aromatic heterocycles. The van der Waals surface area contributed by atoms with Crippen molar-refractivity contribution < 1.29 is 4.79 Å². The summed E-state index contributed by atoms with van der Waals surface area (Å²) in [6, 6.07) is 0.458. The summed E-state index contributed by atoms with van der Waals surface area (Å²) in [4.78, 5) is 17.1. The van der Waals surface area contributed by atoms with Crippen molar-refractivity contribution >= 4 is 5.91 Å². The summed E-state index contributed by atoms with van der Waals surface area (Å²) in [5.74, 6) is 0.313. The van der Waals surface area contributed by atoms with Crippen LogP contribution in [-0.2, 0) is 4.79 Å². The predicted molar refractivity (Wildman–Crippen MR) is 83.7 cm³/mol. The lowest BCUT2D eigenvalue weighted by atomic mass is 10.1. The summed E-state index contributed by atoms with van der Waals surface area (Å²) in [7, 11) is 0. The van der Waals surface area contributed by atoms with E-state index in [-0.39, 0.29) is 0 Å². The van der Waals surface area contributed by atoms with Gasteiger partial charge in [-0.2, -0.15) is 0 Å². The van der Waals surface area contributed by atoms with E-state index >= 15 is 0 Å². The van der Waals surface area contributed by atoms with Gasteiger partial charge in [0.05, 0.1) is 0 Å². The number of amides is 1. The number of carbonyl (C=O) groups excluding carboxylic acids is 1. The highest BCUT2D eigenvalue weighted by Gasteiger charge is 2.30. The van der Waals surface area contributed by atoms with Crippen molar-refractivity contribution in [1.29, 1.82) is 0 Å². The number of hydrogen-bond donors (Lipinski definition) is 0. The summed E-state index contributed by atoms with van der Waals surface area (Å²) >= 11 is 0. The standard InChI is InChI=1S/C17H30N2O/c1-3-4-8-15(2)13-17(20)19-12-7-9-16(19)14-18-10-5-6-11-18/h16H,2-14H2,1H3. The molecular weight excluding hydrogens is 248 g/mol. The van der Waals surface area contributed by atoms with Gasteiger partial charge in [0, 0.05) is 25.6 Å². The molecule has 0 radical (unpaired) electrons. The van der Waals surface area contributed by atoms with Gasteiger partial charge in [0.15, 0.2) is 0 Å². The summed E-state index contributed by atoms with van der Waals surface area (Å²) in [6.07, 6.45) is 8.92. The van der Waals surface area contributed by atoms with Gasteiger partial charge in [-0.1, -0.05) is 25.5 Å². The van der Waals surface area contributed by atoms with E-state index in [0.29, 0.717) is 18.4 Å². The fourth-order valence-corrected chi connectivity index (χ4v) is 3.45. The maximum Gasteiger partial charge on any atom is 0.226 e. The molecule has 0 aromatic rings. The van der Waals surface area contributed by atoms with Gasteiger partial charge in [-0.25, -0.2) is 0 Å². The van der Waals surface area contributed by atoms with Crippen molar-refractivity contribution in [2.45, 2.75) is 64.3 Å². The molecule has 2 fully saturated rings. The average molecular weight is 278 g/mol. The van der Waals surface area contributed by atoms with E-state index in [4.69, 9.17) is 0 Å². The minimum Gasteiger partial charge on any atom is -0.338 e. The van der Waals surface area contributed by atoms with Crippen LogP contribution >= 0.6 is 0 Å². The van der Waals surface area contributed by atoms with E-state index in [1.807, 2.05) is 0 Å². The third-order valence-electron chi connectivity index (χ3n) is 4.65. The van der Waals surface area contributed by atoms with Gasteiger partial charge in [-0.05, 0) is 51.6 Å². The fraction of sp³-hybridized carbons (Fsp3) is 0.824. The van der Waals surface area contributed by atoms with Crippen LogP contribution in [0.2, 0.25) is 0 Å². The fourth-order valence-electron chi connectivity index (χ4n) is 3.45. The van der Waals surface area contributed by atoms with Crippen molar-refractivity contribution in [1.82, 2.24) is 9.80 Å². The zero-order chi connectivity index (χ0) is 14.4. The minimum absolute atomic E-state index is 0.313. The second-order valence-corrected chi connectivity index (χ2v) is 6.42. The maximum absolute atomic E-state index is 12.4. The van der Waals surface area contributed by atoms with E-state index in [9.17, 15) is 4.79 Å². The lowest BCUT2D eigenvalue weighted by Gasteiger charge is -2.28. The minimum atomic E-state index is 0.313. The molecule has 1 unspecified atom stereocenters. The normalized spacial score (nSPS) is 23.4. The molecule has 2 rings (SSSR count). The Hall–Kier alpha value is -0.830. The van der Waals surface area contributed by atoms with Crippen LogP contribution in [-0.4, -0.2) is 47.9 Å². The third kappa shape index (κ3) is 4.34. The largest absolute Gasteiger partial charge is 0.338 e. The van der Waals surface area contributed by atoms with Crippen LogP contribution < -0.4 is 0 Å². The summed E-state index contributed by atoms with van der Waals surface area (Å²) in [5.41, 5.74) is 1.11. The Balaban J connectivity index is 1.79. The van der Waals surface area contributed by atoms with E-state index in [2.05, 4.69) is 23.3 Å². The molecule has 0 saturated carbocycles. The molecule has 1 amide bonds. The van der Waals surface area contributed by atoms with E-state index < -0.39 is 0 Å². The number of likely N-dealkylation sites (tertiary alicyclic amines) is 2. The molecule has 0 aromatic carbocycles. The Bertz CT molecular complexity index is 334. The number of rotatable bonds is 7. The molecule has 1 atom stereocenters. The predicted octanol–water partition coefficient (Wildman–Crippen LogP) is 3.21. The van der Waals surface area contributed by atoms with E-state index in [1.54, 1.807) is 0 Å². The topological polar surface area (TPSA) is 23.6 Å². The summed E-state index contributed by atoms with van der Waals surface area (Å²) in [5, 5.41) is 0. The molecule has 3 heteroatoms. The Labute approximate surface area is 124 Å². The lowest BCUT2D eigenvalue weighted by Crippen LogP contribution is -2.42. The third-order valence-corrected chi connectivity index (χ3v) is 4.65. The van der Waals surface area contributed by atoms with Crippen LogP contribution in [0.1, 0.15) is 58.3 Å². The number of nitrogens with zero attached hydrogens (tertiary/aromatic N) is 2. The second-order valence-electron chi connectivity index (χ2n) is 6.42. The highest BCUT2D eigenvalue weighted by Crippen LogP contribution is 2.22. The van der Waals surface area contributed by atoms with Crippen LogP contribution in [0.3, 0.4) is 0 Å². The average Bonchev–Trinajstić information content (AvgIpc) is 3.08. The molecule has 20 heavy (non-hydrogen) atoms. The molecule has 114 valence electrons. The first-order chi connectivity index (χ1) is 9.70.